The summed E-state index contributed by atoms with van der Waals surface area (Å²) in [7, 11) is 0. The number of rotatable bonds is 5. The highest BCUT2D eigenvalue weighted by Crippen LogP contribution is 2.29. The lowest BCUT2D eigenvalue weighted by molar-refractivity contribution is -0.132. The van der Waals surface area contributed by atoms with E-state index < -0.39 is 0 Å². The number of nitrogens with zero attached hydrogens (tertiary/aromatic N) is 4. The number of ether oxygens (including phenoxy) is 1. The van der Waals surface area contributed by atoms with E-state index in [2.05, 4.69) is 33.1 Å². The van der Waals surface area contributed by atoms with Crippen molar-refractivity contribution in [1.82, 2.24) is 19.7 Å². The van der Waals surface area contributed by atoms with Crippen molar-refractivity contribution >= 4 is 33.6 Å². The van der Waals surface area contributed by atoms with Gasteiger partial charge in [-0.1, -0.05) is 45.9 Å². The standard InChI is InChI=1S/C16H19BrN4O2S/c1-2-21-15(12-5-3-4-6-13(12)17)18-19-16(21)24-11-14(22)20-7-9-23-10-8-20/h3-6H,2,7-11H2,1H3. The van der Waals surface area contributed by atoms with E-state index in [4.69, 9.17) is 4.74 Å². The van der Waals surface area contributed by atoms with Crippen LogP contribution in [-0.2, 0) is 16.1 Å². The Labute approximate surface area is 153 Å². The fourth-order valence-electron chi connectivity index (χ4n) is 2.55. The summed E-state index contributed by atoms with van der Waals surface area (Å²) in [6, 6.07) is 7.94. The van der Waals surface area contributed by atoms with Crippen LogP contribution in [0.25, 0.3) is 11.4 Å². The summed E-state index contributed by atoms with van der Waals surface area (Å²) in [6.45, 7) is 5.38. The molecule has 1 aliphatic rings. The molecule has 2 aromatic rings. The average Bonchev–Trinajstić information content (AvgIpc) is 3.03. The van der Waals surface area contributed by atoms with Gasteiger partial charge in [0, 0.05) is 29.7 Å². The van der Waals surface area contributed by atoms with E-state index in [9.17, 15) is 4.79 Å². The van der Waals surface area contributed by atoms with Gasteiger partial charge >= 0.3 is 0 Å². The van der Waals surface area contributed by atoms with Gasteiger partial charge in [-0.3, -0.25) is 4.79 Å². The SMILES string of the molecule is CCn1c(SCC(=O)N2CCOCC2)nnc1-c1ccccc1Br. The van der Waals surface area contributed by atoms with E-state index in [1.54, 1.807) is 0 Å². The normalized spacial score (nSPS) is 14.8. The molecule has 1 amide bonds. The zero-order valence-corrected chi connectivity index (χ0v) is 15.8. The third-order valence-corrected chi connectivity index (χ3v) is 5.48. The molecular weight excluding hydrogens is 392 g/mol. The van der Waals surface area contributed by atoms with Crippen LogP contribution in [-0.4, -0.2) is 57.6 Å². The largest absolute Gasteiger partial charge is 0.378 e. The highest BCUT2D eigenvalue weighted by molar-refractivity contribution is 9.10. The molecule has 0 unspecified atom stereocenters. The minimum atomic E-state index is 0.122. The minimum Gasteiger partial charge on any atom is -0.378 e. The molecule has 1 aromatic heterocycles. The molecule has 0 bridgehead atoms. The number of thioether (sulfide) groups is 1. The number of amides is 1. The third kappa shape index (κ3) is 3.81. The summed E-state index contributed by atoms with van der Waals surface area (Å²) in [4.78, 5) is 14.1. The van der Waals surface area contributed by atoms with Crippen LogP contribution < -0.4 is 0 Å². The zero-order chi connectivity index (χ0) is 16.9. The van der Waals surface area contributed by atoms with Gasteiger partial charge in [0.15, 0.2) is 11.0 Å². The van der Waals surface area contributed by atoms with E-state index in [1.165, 1.54) is 11.8 Å². The Kier molecular flexibility index (Phi) is 5.91. The first-order valence-electron chi connectivity index (χ1n) is 7.87. The number of halogens is 1. The average molecular weight is 411 g/mol. The molecule has 0 atom stereocenters. The number of morpholine rings is 1. The van der Waals surface area contributed by atoms with E-state index in [1.807, 2.05) is 33.7 Å². The molecular formula is C16H19BrN4O2S. The van der Waals surface area contributed by atoms with Crippen LogP contribution >= 0.6 is 27.7 Å². The van der Waals surface area contributed by atoms with E-state index >= 15 is 0 Å². The second-order valence-corrected chi connectivity index (χ2v) is 7.11. The van der Waals surface area contributed by atoms with Crippen molar-refractivity contribution < 1.29 is 9.53 Å². The second-order valence-electron chi connectivity index (χ2n) is 5.31. The molecule has 128 valence electrons. The van der Waals surface area contributed by atoms with Crippen LogP contribution in [0, 0.1) is 0 Å². The van der Waals surface area contributed by atoms with Gasteiger partial charge in [0.2, 0.25) is 5.91 Å². The molecule has 8 heteroatoms. The van der Waals surface area contributed by atoms with Gasteiger partial charge in [0.25, 0.3) is 0 Å². The molecule has 24 heavy (non-hydrogen) atoms. The van der Waals surface area contributed by atoms with Gasteiger partial charge in [0.1, 0.15) is 0 Å². The Morgan fingerprint density at radius 1 is 1.29 bits per heavy atom. The summed E-state index contributed by atoms with van der Waals surface area (Å²) in [5.74, 6) is 1.30. The maximum atomic E-state index is 12.3. The summed E-state index contributed by atoms with van der Waals surface area (Å²) in [6.07, 6.45) is 0. The topological polar surface area (TPSA) is 60.2 Å². The number of benzene rings is 1. The highest BCUT2D eigenvalue weighted by Gasteiger charge is 2.20. The molecule has 2 heterocycles. The molecule has 3 rings (SSSR count). The van der Waals surface area contributed by atoms with Crippen molar-refractivity contribution in [3.8, 4) is 11.4 Å². The van der Waals surface area contributed by atoms with Crippen molar-refractivity contribution in [2.75, 3.05) is 32.1 Å². The molecule has 0 aliphatic carbocycles. The smallest absolute Gasteiger partial charge is 0.233 e. The van der Waals surface area contributed by atoms with Gasteiger partial charge in [-0.25, -0.2) is 0 Å². The summed E-state index contributed by atoms with van der Waals surface area (Å²) in [5.41, 5.74) is 0.998. The number of carbonyl (C=O) groups is 1. The maximum absolute atomic E-state index is 12.3. The summed E-state index contributed by atoms with van der Waals surface area (Å²) < 4.78 is 8.30. The first-order valence-corrected chi connectivity index (χ1v) is 9.65. The van der Waals surface area contributed by atoms with E-state index in [0.29, 0.717) is 32.1 Å². The minimum absolute atomic E-state index is 0.122. The lowest BCUT2D eigenvalue weighted by Gasteiger charge is -2.26. The molecule has 0 spiro atoms. The quantitative estimate of drug-likeness (QED) is 0.709. The Hall–Kier alpha value is -1.38. The van der Waals surface area contributed by atoms with Gasteiger partial charge < -0.3 is 14.2 Å². The molecule has 1 aliphatic heterocycles. The second kappa shape index (κ2) is 8.13. The first kappa shape index (κ1) is 17.4. The summed E-state index contributed by atoms with van der Waals surface area (Å²) >= 11 is 5.00. The highest BCUT2D eigenvalue weighted by atomic mass is 79.9. The van der Waals surface area contributed by atoms with Crippen molar-refractivity contribution in [1.29, 1.82) is 0 Å². The molecule has 6 nitrogen and oxygen atoms in total. The summed E-state index contributed by atoms with van der Waals surface area (Å²) in [5, 5.41) is 9.38. The third-order valence-electron chi connectivity index (χ3n) is 3.84. The van der Waals surface area contributed by atoms with Crippen LogP contribution in [0.4, 0.5) is 0 Å². The van der Waals surface area contributed by atoms with Crippen LogP contribution in [0.5, 0.6) is 0 Å². The van der Waals surface area contributed by atoms with Gasteiger partial charge in [-0.15, -0.1) is 10.2 Å². The van der Waals surface area contributed by atoms with Crippen LogP contribution in [0.15, 0.2) is 33.9 Å². The Morgan fingerprint density at radius 2 is 2.04 bits per heavy atom. The fourth-order valence-corrected chi connectivity index (χ4v) is 3.92. The van der Waals surface area contributed by atoms with Gasteiger partial charge in [-0.2, -0.15) is 0 Å². The lowest BCUT2D eigenvalue weighted by Crippen LogP contribution is -2.41. The molecule has 0 radical (unpaired) electrons. The number of hydrogen-bond donors (Lipinski definition) is 0. The van der Waals surface area contributed by atoms with Crippen LogP contribution in [0.1, 0.15) is 6.92 Å². The van der Waals surface area contributed by atoms with Gasteiger partial charge in [-0.05, 0) is 13.0 Å². The molecule has 1 fully saturated rings. The maximum Gasteiger partial charge on any atom is 0.233 e. The van der Waals surface area contributed by atoms with E-state index in [0.717, 1.165) is 27.6 Å². The van der Waals surface area contributed by atoms with Crippen molar-refractivity contribution in [3.05, 3.63) is 28.7 Å². The predicted octanol–water partition coefficient (Wildman–Crippen LogP) is 2.68. The van der Waals surface area contributed by atoms with Crippen molar-refractivity contribution in [3.63, 3.8) is 0 Å². The monoisotopic (exact) mass is 410 g/mol. The Bertz CT molecular complexity index is 716. The molecule has 1 saturated heterocycles. The fraction of sp³-hybridized carbons (Fsp3) is 0.438. The number of carbonyl (C=O) groups excluding carboxylic acids is 1. The Balaban J connectivity index is 1.73. The van der Waals surface area contributed by atoms with Crippen LogP contribution in [0.2, 0.25) is 0 Å². The number of hydrogen-bond acceptors (Lipinski definition) is 5. The number of aromatic nitrogens is 3. The Morgan fingerprint density at radius 3 is 2.75 bits per heavy atom. The first-order chi connectivity index (χ1) is 11.7. The van der Waals surface area contributed by atoms with Gasteiger partial charge in [0.05, 0.1) is 19.0 Å². The molecule has 0 N–H and O–H groups in total. The zero-order valence-electron chi connectivity index (χ0n) is 13.4. The molecule has 1 aromatic carbocycles. The molecule has 0 saturated carbocycles. The van der Waals surface area contributed by atoms with Crippen molar-refractivity contribution in [2.45, 2.75) is 18.6 Å². The predicted molar refractivity (Wildman–Crippen MR) is 97.0 cm³/mol. The lowest BCUT2D eigenvalue weighted by atomic mass is 10.2. The van der Waals surface area contributed by atoms with Crippen LogP contribution in [0.3, 0.4) is 0 Å². The van der Waals surface area contributed by atoms with E-state index in [-0.39, 0.29) is 5.91 Å². The van der Waals surface area contributed by atoms with Crippen molar-refractivity contribution in [2.24, 2.45) is 0 Å².